The van der Waals surface area contributed by atoms with Crippen LogP contribution >= 0.6 is 11.3 Å². The summed E-state index contributed by atoms with van der Waals surface area (Å²) < 4.78 is 5.19. The molecular formula is C19H25N3O2S. The van der Waals surface area contributed by atoms with Crippen molar-refractivity contribution >= 4 is 17.2 Å². The first-order valence-corrected chi connectivity index (χ1v) is 9.74. The van der Waals surface area contributed by atoms with Crippen molar-refractivity contribution in [3.05, 3.63) is 39.8 Å². The second-order valence-electron chi connectivity index (χ2n) is 6.46. The summed E-state index contributed by atoms with van der Waals surface area (Å²) in [5.74, 6) is 1.59. The van der Waals surface area contributed by atoms with Crippen molar-refractivity contribution < 1.29 is 9.53 Å². The topological polar surface area (TPSA) is 55.3 Å². The number of benzene rings is 1. The number of amides is 1. The lowest BCUT2D eigenvalue weighted by atomic mass is 9.97. The van der Waals surface area contributed by atoms with Crippen LogP contribution in [0.25, 0.3) is 0 Å². The van der Waals surface area contributed by atoms with E-state index in [1.54, 1.807) is 18.4 Å². The van der Waals surface area contributed by atoms with Gasteiger partial charge in [0.1, 0.15) is 15.8 Å². The summed E-state index contributed by atoms with van der Waals surface area (Å²) in [4.78, 5) is 14.0. The number of piperidine rings is 1. The molecule has 6 heteroatoms. The number of likely N-dealkylation sites (tertiary alicyclic amines) is 1. The average Bonchev–Trinajstić information content (AvgIpc) is 3.11. The Balaban J connectivity index is 1.55. The van der Waals surface area contributed by atoms with E-state index >= 15 is 0 Å². The van der Waals surface area contributed by atoms with Crippen molar-refractivity contribution in [1.29, 1.82) is 0 Å². The van der Waals surface area contributed by atoms with Crippen molar-refractivity contribution in [2.24, 2.45) is 0 Å². The number of methoxy groups -OCH3 is 1. The molecule has 0 N–H and O–H groups in total. The van der Waals surface area contributed by atoms with Crippen LogP contribution in [-0.4, -0.2) is 41.2 Å². The predicted octanol–water partition coefficient (Wildman–Crippen LogP) is 3.64. The number of ether oxygens (including phenoxy) is 1. The van der Waals surface area contributed by atoms with E-state index in [2.05, 4.69) is 29.3 Å². The van der Waals surface area contributed by atoms with E-state index in [1.807, 2.05) is 17.0 Å². The third kappa shape index (κ3) is 4.57. The lowest BCUT2D eigenvalue weighted by molar-refractivity contribution is -0.132. The third-order valence-electron chi connectivity index (χ3n) is 4.66. The molecule has 0 unspecified atom stereocenters. The molecule has 0 aliphatic carbocycles. The first-order valence-electron chi connectivity index (χ1n) is 8.92. The van der Waals surface area contributed by atoms with Crippen molar-refractivity contribution in [2.75, 3.05) is 20.2 Å². The van der Waals surface area contributed by atoms with Crippen LogP contribution in [0.2, 0.25) is 0 Å². The van der Waals surface area contributed by atoms with Crippen LogP contribution in [0.5, 0.6) is 5.75 Å². The molecule has 1 fully saturated rings. The Morgan fingerprint density at radius 1 is 1.24 bits per heavy atom. The molecular weight excluding hydrogens is 334 g/mol. The molecule has 1 aliphatic rings. The zero-order valence-corrected chi connectivity index (χ0v) is 15.7. The molecule has 134 valence electrons. The lowest BCUT2D eigenvalue weighted by Gasteiger charge is -2.30. The second-order valence-corrected chi connectivity index (χ2v) is 7.56. The van der Waals surface area contributed by atoms with E-state index in [0.717, 1.165) is 54.5 Å². The Labute approximate surface area is 153 Å². The number of hydrogen-bond donors (Lipinski definition) is 0. The highest BCUT2D eigenvalue weighted by Gasteiger charge is 2.25. The van der Waals surface area contributed by atoms with Crippen LogP contribution in [0.15, 0.2) is 24.3 Å². The van der Waals surface area contributed by atoms with Gasteiger partial charge in [-0.05, 0) is 37.0 Å². The van der Waals surface area contributed by atoms with Gasteiger partial charge in [0.05, 0.1) is 7.11 Å². The van der Waals surface area contributed by atoms with Gasteiger partial charge in [0.15, 0.2) is 0 Å². The van der Waals surface area contributed by atoms with Gasteiger partial charge in [-0.3, -0.25) is 4.79 Å². The third-order valence-corrected chi connectivity index (χ3v) is 5.74. The standard InChI is InChI=1S/C19H25N3O2S/c1-3-4-18(23)22-11-9-15(10-12-22)19-21-20-17(25-19)13-14-5-7-16(24-2)8-6-14/h5-8,15H,3-4,9-13H2,1-2H3. The fourth-order valence-electron chi connectivity index (χ4n) is 3.17. The molecule has 0 bridgehead atoms. The number of nitrogens with zero attached hydrogens (tertiary/aromatic N) is 3. The van der Waals surface area contributed by atoms with Crippen molar-refractivity contribution in [1.82, 2.24) is 15.1 Å². The van der Waals surface area contributed by atoms with Gasteiger partial charge in [-0.25, -0.2) is 0 Å². The van der Waals surface area contributed by atoms with E-state index in [1.165, 1.54) is 5.56 Å². The van der Waals surface area contributed by atoms with Gasteiger partial charge in [0.2, 0.25) is 5.91 Å². The molecule has 25 heavy (non-hydrogen) atoms. The van der Waals surface area contributed by atoms with Gasteiger partial charge in [0.25, 0.3) is 0 Å². The fourth-order valence-corrected chi connectivity index (χ4v) is 4.21. The first-order chi connectivity index (χ1) is 12.2. The van der Waals surface area contributed by atoms with Gasteiger partial charge in [-0.1, -0.05) is 19.1 Å². The number of hydrogen-bond acceptors (Lipinski definition) is 5. The van der Waals surface area contributed by atoms with Gasteiger partial charge >= 0.3 is 0 Å². The van der Waals surface area contributed by atoms with Gasteiger partial charge < -0.3 is 9.64 Å². The van der Waals surface area contributed by atoms with Crippen LogP contribution in [0.4, 0.5) is 0 Å². The molecule has 1 aliphatic heterocycles. The molecule has 3 rings (SSSR count). The van der Waals surface area contributed by atoms with Crippen molar-refractivity contribution in [2.45, 2.75) is 44.9 Å². The summed E-state index contributed by atoms with van der Waals surface area (Å²) in [5, 5.41) is 10.9. The maximum atomic E-state index is 12.0. The number of rotatable bonds is 6. The Kier molecular flexibility index (Phi) is 6.02. The molecule has 1 aromatic carbocycles. The van der Waals surface area contributed by atoms with Gasteiger partial charge in [-0.2, -0.15) is 0 Å². The molecule has 1 saturated heterocycles. The normalized spacial score (nSPS) is 15.4. The monoisotopic (exact) mass is 359 g/mol. The molecule has 0 saturated carbocycles. The average molecular weight is 359 g/mol. The summed E-state index contributed by atoms with van der Waals surface area (Å²) in [6.45, 7) is 3.74. The molecule has 1 amide bonds. The highest BCUT2D eigenvalue weighted by Crippen LogP contribution is 2.31. The van der Waals surface area contributed by atoms with Crippen LogP contribution in [0.3, 0.4) is 0 Å². The second kappa shape index (κ2) is 8.43. The highest BCUT2D eigenvalue weighted by atomic mass is 32.1. The quantitative estimate of drug-likeness (QED) is 0.790. The lowest BCUT2D eigenvalue weighted by Crippen LogP contribution is -2.37. The van der Waals surface area contributed by atoms with Gasteiger partial charge in [-0.15, -0.1) is 21.5 Å². The van der Waals surface area contributed by atoms with E-state index < -0.39 is 0 Å². The Morgan fingerprint density at radius 2 is 1.96 bits per heavy atom. The maximum Gasteiger partial charge on any atom is 0.222 e. The maximum absolute atomic E-state index is 12.0. The fraction of sp³-hybridized carbons (Fsp3) is 0.526. The van der Waals surface area contributed by atoms with Crippen molar-refractivity contribution in [3.8, 4) is 5.75 Å². The highest BCUT2D eigenvalue weighted by molar-refractivity contribution is 7.11. The minimum absolute atomic E-state index is 0.290. The molecule has 2 aromatic rings. The Morgan fingerprint density at radius 3 is 2.60 bits per heavy atom. The summed E-state index contributed by atoms with van der Waals surface area (Å²) in [5.41, 5.74) is 1.21. The van der Waals surface area contributed by atoms with Crippen molar-refractivity contribution in [3.63, 3.8) is 0 Å². The van der Waals surface area contributed by atoms with Gasteiger partial charge in [0, 0.05) is 31.8 Å². The van der Waals surface area contributed by atoms with E-state index in [4.69, 9.17) is 4.74 Å². The zero-order chi connectivity index (χ0) is 17.6. The van der Waals surface area contributed by atoms with E-state index in [0.29, 0.717) is 18.2 Å². The van der Waals surface area contributed by atoms with Crippen LogP contribution < -0.4 is 4.74 Å². The Bertz CT molecular complexity index is 691. The summed E-state index contributed by atoms with van der Waals surface area (Å²) in [6.07, 6.45) is 4.37. The van der Waals surface area contributed by atoms with Crippen LogP contribution in [0.1, 0.15) is 54.1 Å². The number of aromatic nitrogens is 2. The molecule has 0 radical (unpaired) electrons. The molecule has 5 nitrogen and oxygen atoms in total. The molecule has 0 spiro atoms. The zero-order valence-electron chi connectivity index (χ0n) is 14.9. The number of carbonyl (C=O) groups is 1. The molecule has 0 atom stereocenters. The number of carbonyl (C=O) groups excluding carboxylic acids is 1. The minimum Gasteiger partial charge on any atom is -0.497 e. The first kappa shape index (κ1) is 17.9. The van der Waals surface area contributed by atoms with Crippen LogP contribution in [0, 0.1) is 0 Å². The minimum atomic E-state index is 0.290. The SMILES string of the molecule is CCCC(=O)N1CCC(c2nnc(Cc3ccc(OC)cc3)s2)CC1. The summed E-state index contributed by atoms with van der Waals surface area (Å²) >= 11 is 1.71. The largest absolute Gasteiger partial charge is 0.497 e. The van der Waals surface area contributed by atoms with Crippen LogP contribution in [-0.2, 0) is 11.2 Å². The molecule has 2 heterocycles. The predicted molar refractivity (Wildman–Crippen MR) is 99.2 cm³/mol. The van der Waals surface area contributed by atoms with E-state index in [-0.39, 0.29) is 0 Å². The molecule has 1 aromatic heterocycles. The summed E-state index contributed by atoms with van der Waals surface area (Å²) in [7, 11) is 1.67. The Hall–Kier alpha value is -1.95. The van der Waals surface area contributed by atoms with E-state index in [9.17, 15) is 4.79 Å². The smallest absolute Gasteiger partial charge is 0.222 e. The summed E-state index contributed by atoms with van der Waals surface area (Å²) in [6, 6.07) is 8.08.